The van der Waals surface area contributed by atoms with Crippen molar-refractivity contribution in [3.8, 4) is 11.5 Å². The SMILES string of the molecule is CCCOc1ccc(C(=O)NC2CCCCC2NC(=O)c2ccc(OCCC)c(Br)c2)cc1Br. The van der Waals surface area contributed by atoms with Crippen LogP contribution >= 0.6 is 31.9 Å². The maximum Gasteiger partial charge on any atom is 0.251 e. The molecule has 0 spiro atoms. The molecule has 2 amide bonds. The number of hydrogen-bond acceptors (Lipinski definition) is 4. The predicted octanol–water partition coefficient (Wildman–Crippen LogP) is 6.26. The molecule has 2 aromatic carbocycles. The van der Waals surface area contributed by atoms with Crippen LogP contribution in [0.25, 0.3) is 0 Å². The number of carbonyl (C=O) groups excluding carboxylic acids is 2. The average molecular weight is 596 g/mol. The smallest absolute Gasteiger partial charge is 0.251 e. The molecule has 0 aliphatic heterocycles. The first-order chi connectivity index (χ1) is 16.4. The second-order valence-electron chi connectivity index (χ2n) is 8.43. The molecule has 0 heterocycles. The number of nitrogens with one attached hydrogen (secondary N) is 2. The lowest BCUT2D eigenvalue weighted by molar-refractivity contribution is 0.0862. The predicted molar refractivity (Wildman–Crippen MR) is 141 cm³/mol. The van der Waals surface area contributed by atoms with E-state index < -0.39 is 0 Å². The first-order valence-corrected chi connectivity index (χ1v) is 13.5. The monoisotopic (exact) mass is 594 g/mol. The van der Waals surface area contributed by atoms with Gasteiger partial charge in [-0.2, -0.15) is 0 Å². The van der Waals surface area contributed by atoms with Crippen molar-refractivity contribution < 1.29 is 19.1 Å². The Morgan fingerprint density at radius 2 is 1.21 bits per heavy atom. The summed E-state index contributed by atoms with van der Waals surface area (Å²) in [5.41, 5.74) is 1.11. The third-order valence-corrected chi connectivity index (χ3v) is 6.95. The molecule has 1 aliphatic rings. The van der Waals surface area contributed by atoms with Crippen LogP contribution in [0.5, 0.6) is 11.5 Å². The van der Waals surface area contributed by atoms with Crippen molar-refractivity contribution in [2.24, 2.45) is 0 Å². The minimum Gasteiger partial charge on any atom is -0.492 e. The topological polar surface area (TPSA) is 76.7 Å². The highest BCUT2D eigenvalue weighted by Gasteiger charge is 2.28. The third-order valence-electron chi connectivity index (χ3n) is 5.71. The summed E-state index contributed by atoms with van der Waals surface area (Å²) in [5.74, 6) is 1.13. The summed E-state index contributed by atoms with van der Waals surface area (Å²) in [6.45, 7) is 5.34. The minimum absolute atomic E-state index is 0.129. The van der Waals surface area contributed by atoms with E-state index in [-0.39, 0.29) is 23.9 Å². The van der Waals surface area contributed by atoms with Crippen LogP contribution in [0.4, 0.5) is 0 Å². The van der Waals surface area contributed by atoms with Gasteiger partial charge in [-0.15, -0.1) is 0 Å². The van der Waals surface area contributed by atoms with Crippen molar-refractivity contribution in [3.63, 3.8) is 0 Å². The van der Waals surface area contributed by atoms with Gasteiger partial charge in [-0.1, -0.05) is 26.7 Å². The Hall–Kier alpha value is -2.06. The molecule has 1 aliphatic carbocycles. The van der Waals surface area contributed by atoms with E-state index >= 15 is 0 Å². The Balaban J connectivity index is 1.64. The van der Waals surface area contributed by atoms with Gasteiger partial charge in [0.15, 0.2) is 0 Å². The average Bonchev–Trinajstić information content (AvgIpc) is 2.83. The number of hydrogen-bond donors (Lipinski definition) is 2. The van der Waals surface area contributed by atoms with E-state index in [1.165, 1.54) is 0 Å². The van der Waals surface area contributed by atoms with Crippen LogP contribution in [0.3, 0.4) is 0 Å². The molecule has 0 aromatic heterocycles. The normalized spacial score (nSPS) is 17.6. The Kier molecular flexibility index (Phi) is 10.3. The summed E-state index contributed by atoms with van der Waals surface area (Å²) in [7, 11) is 0. The molecule has 2 atom stereocenters. The highest BCUT2D eigenvalue weighted by molar-refractivity contribution is 9.10. The van der Waals surface area contributed by atoms with Gasteiger partial charge in [0.25, 0.3) is 11.8 Å². The van der Waals surface area contributed by atoms with Crippen LogP contribution in [-0.2, 0) is 0 Å². The van der Waals surface area contributed by atoms with Gasteiger partial charge in [-0.25, -0.2) is 0 Å². The number of ether oxygens (including phenoxy) is 2. The minimum atomic E-state index is -0.158. The number of amides is 2. The second kappa shape index (κ2) is 13.1. The van der Waals surface area contributed by atoms with E-state index in [0.717, 1.165) is 59.0 Å². The van der Waals surface area contributed by atoms with Crippen LogP contribution in [-0.4, -0.2) is 37.1 Å². The van der Waals surface area contributed by atoms with Gasteiger partial charge in [0.2, 0.25) is 0 Å². The van der Waals surface area contributed by atoms with E-state index in [0.29, 0.717) is 24.3 Å². The van der Waals surface area contributed by atoms with Gasteiger partial charge in [0.05, 0.1) is 22.2 Å². The van der Waals surface area contributed by atoms with Crippen LogP contribution in [0.2, 0.25) is 0 Å². The lowest BCUT2D eigenvalue weighted by Crippen LogP contribution is -2.53. The summed E-state index contributed by atoms with van der Waals surface area (Å²) in [6.07, 6.45) is 5.50. The Bertz CT molecular complexity index is 919. The maximum atomic E-state index is 13.0. The zero-order chi connectivity index (χ0) is 24.5. The number of carbonyl (C=O) groups is 2. The van der Waals surface area contributed by atoms with E-state index in [4.69, 9.17) is 9.47 Å². The molecule has 1 saturated carbocycles. The Labute approximate surface area is 218 Å². The Morgan fingerprint density at radius 1 is 0.794 bits per heavy atom. The molecule has 8 heteroatoms. The molecule has 2 aromatic rings. The molecule has 0 bridgehead atoms. The summed E-state index contributed by atoms with van der Waals surface area (Å²) in [6, 6.07) is 10.4. The zero-order valence-corrected chi connectivity index (χ0v) is 22.8. The molecule has 0 radical (unpaired) electrons. The van der Waals surface area contributed by atoms with Gasteiger partial charge in [-0.05, 0) is 93.9 Å². The summed E-state index contributed by atoms with van der Waals surface area (Å²) < 4.78 is 12.8. The second-order valence-corrected chi connectivity index (χ2v) is 10.1. The Morgan fingerprint density at radius 3 is 1.56 bits per heavy atom. The van der Waals surface area contributed by atoms with Crippen LogP contribution < -0.4 is 20.1 Å². The van der Waals surface area contributed by atoms with Gasteiger partial charge < -0.3 is 20.1 Å². The molecule has 34 heavy (non-hydrogen) atoms. The van der Waals surface area contributed by atoms with Gasteiger partial charge in [0.1, 0.15) is 11.5 Å². The highest BCUT2D eigenvalue weighted by atomic mass is 79.9. The maximum absolute atomic E-state index is 13.0. The van der Waals surface area contributed by atoms with Crippen LogP contribution in [0.15, 0.2) is 45.3 Å². The first-order valence-electron chi connectivity index (χ1n) is 11.9. The largest absolute Gasteiger partial charge is 0.492 e. The zero-order valence-electron chi connectivity index (χ0n) is 19.7. The van der Waals surface area contributed by atoms with Crippen molar-refractivity contribution in [1.29, 1.82) is 0 Å². The number of benzene rings is 2. The fourth-order valence-corrected chi connectivity index (χ4v) is 4.91. The fraction of sp³-hybridized carbons (Fsp3) is 0.462. The molecule has 3 rings (SSSR count). The van der Waals surface area contributed by atoms with Gasteiger partial charge in [0, 0.05) is 23.2 Å². The molecule has 6 nitrogen and oxygen atoms in total. The summed E-state index contributed by atoms with van der Waals surface area (Å²) >= 11 is 6.98. The van der Waals surface area contributed by atoms with Crippen molar-refractivity contribution in [3.05, 3.63) is 56.5 Å². The van der Waals surface area contributed by atoms with Crippen molar-refractivity contribution in [2.75, 3.05) is 13.2 Å². The van der Waals surface area contributed by atoms with E-state index in [1.807, 2.05) is 13.8 Å². The van der Waals surface area contributed by atoms with E-state index in [2.05, 4.69) is 42.5 Å². The number of halogens is 2. The van der Waals surface area contributed by atoms with Crippen molar-refractivity contribution >= 4 is 43.7 Å². The van der Waals surface area contributed by atoms with Crippen molar-refractivity contribution in [1.82, 2.24) is 10.6 Å². The highest BCUT2D eigenvalue weighted by Crippen LogP contribution is 2.28. The lowest BCUT2D eigenvalue weighted by Gasteiger charge is -2.33. The third kappa shape index (κ3) is 7.22. The molecular formula is C26H32Br2N2O4. The van der Waals surface area contributed by atoms with Crippen LogP contribution in [0.1, 0.15) is 73.1 Å². The number of rotatable bonds is 10. The molecule has 1 fully saturated rings. The molecular weight excluding hydrogens is 564 g/mol. The van der Waals surface area contributed by atoms with E-state index in [1.54, 1.807) is 36.4 Å². The molecule has 2 unspecified atom stereocenters. The molecule has 184 valence electrons. The summed E-state index contributed by atoms with van der Waals surface area (Å²) in [4.78, 5) is 25.9. The van der Waals surface area contributed by atoms with Crippen molar-refractivity contribution in [2.45, 2.75) is 64.5 Å². The first kappa shape index (κ1) is 26.5. The molecule has 2 N–H and O–H groups in total. The van der Waals surface area contributed by atoms with E-state index in [9.17, 15) is 9.59 Å². The standard InChI is InChI=1S/C26H32Br2N2O4/c1-3-13-33-23-11-9-17(15-19(23)27)25(31)29-21-7-5-6-8-22(21)30-26(32)18-10-12-24(20(28)16-18)34-14-4-2/h9-12,15-16,21-22H,3-8,13-14H2,1-2H3,(H,29,31)(H,30,32). The quantitative estimate of drug-likeness (QED) is 0.340. The lowest BCUT2D eigenvalue weighted by atomic mass is 9.89. The summed E-state index contributed by atoms with van der Waals surface area (Å²) in [5, 5.41) is 6.26. The van der Waals surface area contributed by atoms with Crippen LogP contribution in [0, 0.1) is 0 Å². The van der Waals surface area contributed by atoms with Gasteiger partial charge in [-0.3, -0.25) is 9.59 Å². The molecule has 0 saturated heterocycles. The fourth-order valence-electron chi connectivity index (χ4n) is 3.92. The van der Waals surface area contributed by atoms with Gasteiger partial charge >= 0.3 is 0 Å².